The molecule has 3 rings (SSSR count). The van der Waals surface area contributed by atoms with Gasteiger partial charge in [-0.15, -0.1) is 5.10 Å². The van der Waals surface area contributed by atoms with E-state index >= 15 is 0 Å². The molecule has 0 saturated carbocycles. The van der Waals surface area contributed by atoms with Gasteiger partial charge in [0.1, 0.15) is 11.6 Å². The van der Waals surface area contributed by atoms with Crippen LogP contribution in [0.1, 0.15) is 11.3 Å². The predicted octanol–water partition coefficient (Wildman–Crippen LogP) is 2.93. The van der Waals surface area contributed by atoms with Crippen molar-refractivity contribution in [1.82, 2.24) is 14.6 Å². The van der Waals surface area contributed by atoms with Crippen LogP contribution in [0.4, 0.5) is 14.7 Å². The second-order valence-electron chi connectivity index (χ2n) is 4.46. The van der Waals surface area contributed by atoms with Crippen molar-refractivity contribution in [2.45, 2.75) is 13.5 Å². The number of nitrogens with zero attached hydrogens (tertiary/aromatic N) is 3. The monoisotopic (exact) mass is 274 g/mol. The van der Waals surface area contributed by atoms with Crippen LogP contribution in [0.15, 0.2) is 36.4 Å². The molecule has 2 aromatic heterocycles. The fraction of sp³-hybridized carbons (Fsp3) is 0.143. The Morgan fingerprint density at radius 3 is 2.80 bits per heavy atom. The first-order valence-electron chi connectivity index (χ1n) is 6.14. The average molecular weight is 274 g/mol. The summed E-state index contributed by atoms with van der Waals surface area (Å²) in [6, 6.07) is 9.13. The normalized spacial score (nSPS) is 10.9. The summed E-state index contributed by atoms with van der Waals surface area (Å²) >= 11 is 0. The van der Waals surface area contributed by atoms with Crippen LogP contribution < -0.4 is 5.32 Å². The molecule has 0 amide bonds. The fourth-order valence-corrected chi connectivity index (χ4v) is 1.95. The zero-order valence-corrected chi connectivity index (χ0v) is 10.8. The van der Waals surface area contributed by atoms with Crippen molar-refractivity contribution >= 4 is 11.6 Å². The summed E-state index contributed by atoms with van der Waals surface area (Å²) in [7, 11) is 0. The molecule has 2 heterocycles. The smallest absolute Gasteiger partial charge is 0.243 e. The Morgan fingerprint density at radius 1 is 1.20 bits per heavy atom. The summed E-state index contributed by atoms with van der Waals surface area (Å²) in [5.74, 6) is -0.770. The fourth-order valence-electron chi connectivity index (χ4n) is 1.95. The van der Waals surface area contributed by atoms with Crippen molar-refractivity contribution in [3.63, 3.8) is 0 Å². The Bertz CT molecular complexity index is 767. The van der Waals surface area contributed by atoms with Gasteiger partial charge in [0.25, 0.3) is 0 Å². The molecule has 102 valence electrons. The Labute approximate surface area is 114 Å². The van der Waals surface area contributed by atoms with Gasteiger partial charge in [-0.2, -0.15) is 4.98 Å². The molecule has 0 fully saturated rings. The maximum Gasteiger partial charge on any atom is 0.243 e. The molecule has 0 unspecified atom stereocenters. The van der Waals surface area contributed by atoms with Crippen molar-refractivity contribution in [3.05, 3.63) is 59.3 Å². The SMILES string of the molecule is Cc1cccc2nc(NCc3ccc(F)cc3F)nn12. The molecule has 1 aromatic carbocycles. The maximum atomic E-state index is 13.5. The molecular formula is C14H12F2N4. The van der Waals surface area contributed by atoms with Crippen molar-refractivity contribution in [2.75, 3.05) is 5.32 Å². The zero-order chi connectivity index (χ0) is 14.1. The number of benzene rings is 1. The summed E-state index contributed by atoms with van der Waals surface area (Å²) in [6.45, 7) is 2.12. The summed E-state index contributed by atoms with van der Waals surface area (Å²) in [6.07, 6.45) is 0. The Balaban J connectivity index is 1.81. The number of nitrogens with one attached hydrogen (secondary N) is 1. The van der Waals surface area contributed by atoms with E-state index in [0.29, 0.717) is 17.2 Å². The molecule has 0 bridgehead atoms. The molecule has 0 aliphatic heterocycles. The number of aryl methyl sites for hydroxylation is 1. The number of pyridine rings is 1. The average Bonchev–Trinajstić information content (AvgIpc) is 2.82. The number of anilines is 1. The molecule has 1 N–H and O–H groups in total. The minimum Gasteiger partial charge on any atom is -0.349 e. The van der Waals surface area contributed by atoms with Gasteiger partial charge in [-0.1, -0.05) is 12.1 Å². The maximum absolute atomic E-state index is 13.5. The van der Waals surface area contributed by atoms with E-state index in [9.17, 15) is 8.78 Å². The second-order valence-corrected chi connectivity index (χ2v) is 4.46. The summed E-state index contributed by atoms with van der Waals surface area (Å²) in [4.78, 5) is 4.28. The highest BCUT2D eigenvalue weighted by atomic mass is 19.1. The Kier molecular flexibility index (Phi) is 3.06. The van der Waals surface area contributed by atoms with E-state index in [0.717, 1.165) is 11.8 Å². The van der Waals surface area contributed by atoms with Crippen LogP contribution in [-0.2, 0) is 6.54 Å². The van der Waals surface area contributed by atoms with Crippen LogP contribution >= 0.6 is 0 Å². The lowest BCUT2D eigenvalue weighted by Crippen LogP contribution is -2.04. The Hall–Kier alpha value is -2.50. The van der Waals surface area contributed by atoms with Crippen LogP contribution in [0.5, 0.6) is 0 Å². The van der Waals surface area contributed by atoms with Crippen LogP contribution in [-0.4, -0.2) is 14.6 Å². The molecular weight excluding hydrogens is 262 g/mol. The first-order valence-corrected chi connectivity index (χ1v) is 6.14. The summed E-state index contributed by atoms with van der Waals surface area (Å²) in [5, 5.41) is 7.20. The number of hydrogen-bond donors (Lipinski definition) is 1. The van der Waals surface area contributed by atoms with Crippen LogP contribution in [0.2, 0.25) is 0 Å². The molecule has 0 saturated heterocycles. The van der Waals surface area contributed by atoms with Crippen LogP contribution in [0.25, 0.3) is 5.65 Å². The van der Waals surface area contributed by atoms with E-state index in [2.05, 4.69) is 15.4 Å². The van der Waals surface area contributed by atoms with Gasteiger partial charge in [-0.25, -0.2) is 13.3 Å². The van der Waals surface area contributed by atoms with Gasteiger partial charge in [0.05, 0.1) is 0 Å². The van der Waals surface area contributed by atoms with Gasteiger partial charge in [0, 0.05) is 23.9 Å². The third-order valence-electron chi connectivity index (χ3n) is 3.00. The van der Waals surface area contributed by atoms with Gasteiger partial charge in [0.15, 0.2) is 5.65 Å². The molecule has 0 aliphatic rings. The number of rotatable bonds is 3. The van der Waals surface area contributed by atoms with Crippen LogP contribution in [0, 0.1) is 18.6 Å². The molecule has 0 radical (unpaired) electrons. The largest absolute Gasteiger partial charge is 0.349 e. The first-order chi connectivity index (χ1) is 9.63. The van der Waals surface area contributed by atoms with E-state index in [1.807, 2.05) is 25.1 Å². The Morgan fingerprint density at radius 2 is 2.05 bits per heavy atom. The number of halogens is 2. The lowest BCUT2D eigenvalue weighted by molar-refractivity contribution is 0.574. The third kappa shape index (κ3) is 2.32. The molecule has 3 aromatic rings. The molecule has 20 heavy (non-hydrogen) atoms. The zero-order valence-electron chi connectivity index (χ0n) is 10.8. The van der Waals surface area contributed by atoms with Crippen molar-refractivity contribution < 1.29 is 8.78 Å². The number of fused-ring (bicyclic) bond motifs is 1. The lowest BCUT2D eigenvalue weighted by Gasteiger charge is -2.03. The van der Waals surface area contributed by atoms with E-state index in [-0.39, 0.29) is 6.54 Å². The summed E-state index contributed by atoms with van der Waals surface area (Å²) < 4.78 is 28.0. The molecule has 4 nitrogen and oxygen atoms in total. The molecule has 6 heteroatoms. The lowest BCUT2D eigenvalue weighted by atomic mass is 10.2. The molecule has 0 aliphatic carbocycles. The van der Waals surface area contributed by atoms with E-state index < -0.39 is 11.6 Å². The van der Waals surface area contributed by atoms with Gasteiger partial charge in [0.2, 0.25) is 5.95 Å². The van der Waals surface area contributed by atoms with E-state index in [1.54, 1.807) is 4.52 Å². The van der Waals surface area contributed by atoms with Gasteiger partial charge in [-0.3, -0.25) is 0 Å². The van der Waals surface area contributed by atoms with E-state index in [4.69, 9.17) is 0 Å². The van der Waals surface area contributed by atoms with Gasteiger partial charge < -0.3 is 5.32 Å². The quantitative estimate of drug-likeness (QED) is 0.798. The molecule has 0 spiro atoms. The number of hydrogen-bond acceptors (Lipinski definition) is 3. The topological polar surface area (TPSA) is 42.2 Å². The highest BCUT2D eigenvalue weighted by Crippen LogP contribution is 2.12. The highest BCUT2D eigenvalue weighted by molar-refractivity contribution is 5.44. The van der Waals surface area contributed by atoms with Gasteiger partial charge >= 0.3 is 0 Å². The van der Waals surface area contributed by atoms with Crippen molar-refractivity contribution in [3.8, 4) is 0 Å². The van der Waals surface area contributed by atoms with Crippen molar-refractivity contribution in [1.29, 1.82) is 0 Å². The first kappa shape index (κ1) is 12.5. The second kappa shape index (κ2) is 4.88. The predicted molar refractivity (Wildman–Crippen MR) is 71.4 cm³/mol. The summed E-state index contributed by atoms with van der Waals surface area (Å²) in [5.41, 5.74) is 2.03. The number of aromatic nitrogens is 3. The third-order valence-corrected chi connectivity index (χ3v) is 3.00. The highest BCUT2D eigenvalue weighted by Gasteiger charge is 2.07. The van der Waals surface area contributed by atoms with Gasteiger partial charge in [-0.05, 0) is 25.1 Å². The molecule has 0 atom stereocenters. The minimum atomic E-state index is -0.590. The minimum absolute atomic E-state index is 0.196. The van der Waals surface area contributed by atoms with Crippen molar-refractivity contribution in [2.24, 2.45) is 0 Å². The standard InChI is InChI=1S/C14H12F2N4/c1-9-3-2-4-13-18-14(19-20(9)13)17-8-10-5-6-11(15)7-12(10)16/h2-7H,8H2,1H3,(H,17,19). The van der Waals surface area contributed by atoms with Crippen LogP contribution in [0.3, 0.4) is 0 Å². The van der Waals surface area contributed by atoms with E-state index in [1.165, 1.54) is 12.1 Å².